The number of rotatable bonds is 3. The first-order valence-corrected chi connectivity index (χ1v) is 5.80. The molecule has 0 aromatic carbocycles. The molecule has 2 heterocycles. The summed E-state index contributed by atoms with van der Waals surface area (Å²) < 4.78 is 2.53. The Balaban J connectivity index is 2.23. The van der Waals surface area contributed by atoms with Crippen LogP contribution >= 0.6 is 22.7 Å². The molecule has 2 aromatic heterocycles. The van der Waals surface area contributed by atoms with E-state index in [-0.39, 0.29) is 0 Å². The van der Waals surface area contributed by atoms with Crippen LogP contribution in [0.2, 0.25) is 0 Å². The summed E-state index contributed by atoms with van der Waals surface area (Å²) >= 11 is 3.40. The van der Waals surface area contributed by atoms with Gasteiger partial charge in [0.2, 0.25) is 5.91 Å². The van der Waals surface area contributed by atoms with Crippen LogP contribution in [-0.4, -0.2) is 5.91 Å². The van der Waals surface area contributed by atoms with Gasteiger partial charge in [0.25, 0.3) is 0 Å². The van der Waals surface area contributed by atoms with E-state index in [1.54, 1.807) is 22.7 Å². The molecule has 0 saturated carbocycles. The smallest absolute Gasteiger partial charge is 0.244 e. The number of hydrogen-bond acceptors (Lipinski definition) is 3. The number of carbonyl (C=O) groups is 1. The van der Waals surface area contributed by atoms with E-state index in [4.69, 9.17) is 5.73 Å². The number of carbonyl (C=O) groups excluding carboxylic acids is 1. The van der Waals surface area contributed by atoms with Crippen molar-refractivity contribution in [3.63, 3.8) is 0 Å². The molecule has 2 rings (SSSR count). The maximum absolute atomic E-state index is 10.8. The van der Waals surface area contributed by atoms with Crippen LogP contribution in [0.1, 0.15) is 4.88 Å². The molecule has 2 aromatic rings. The van der Waals surface area contributed by atoms with Gasteiger partial charge in [-0.25, -0.2) is 0 Å². The van der Waals surface area contributed by atoms with Crippen molar-refractivity contribution in [1.82, 2.24) is 0 Å². The van der Waals surface area contributed by atoms with Crippen molar-refractivity contribution < 1.29 is 4.79 Å². The molecular formula is C10H9NOS2. The third kappa shape index (κ3) is 1.71. The van der Waals surface area contributed by atoms with Gasteiger partial charge in [0.1, 0.15) is 0 Å². The summed E-state index contributed by atoms with van der Waals surface area (Å²) in [5.41, 5.74) is 5.59. The molecule has 72 valence electrons. The minimum atomic E-state index is -0.415. The van der Waals surface area contributed by atoms with Crippen molar-refractivity contribution >= 4 is 38.0 Å². The van der Waals surface area contributed by atoms with Crippen LogP contribution in [0.3, 0.4) is 0 Å². The van der Waals surface area contributed by atoms with E-state index in [9.17, 15) is 4.79 Å². The molecule has 0 aliphatic carbocycles. The number of fused-ring (bicyclic) bond motifs is 1. The van der Waals surface area contributed by atoms with E-state index in [1.807, 2.05) is 0 Å². The third-order valence-corrected chi connectivity index (χ3v) is 4.02. The summed E-state index contributed by atoms with van der Waals surface area (Å²) in [6.45, 7) is 3.64. The minimum absolute atomic E-state index is 0.415. The van der Waals surface area contributed by atoms with Gasteiger partial charge in [-0.3, -0.25) is 4.79 Å². The van der Waals surface area contributed by atoms with Crippen molar-refractivity contribution in [3.8, 4) is 0 Å². The Hall–Kier alpha value is -1.13. The van der Waals surface area contributed by atoms with Gasteiger partial charge in [-0.05, 0) is 17.5 Å². The van der Waals surface area contributed by atoms with Gasteiger partial charge < -0.3 is 5.73 Å². The molecule has 0 radical (unpaired) electrons. The molecule has 2 nitrogen and oxygen atoms in total. The second-order valence-electron chi connectivity index (χ2n) is 3.01. The lowest BCUT2D eigenvalue weighted by Gasteiger charge is -1.96. The highest BCUT2D eigenvalue weighted by molar-refractivity contribution is 7.26. The summed E-state index contributed by atoms with van der Waals surface area (Å²) in [4.78, 5) is 11.9. The van der Waals surface area contributed by atoms with Gasteiger partial charge in [0, 0.05) is 26.3 Å². The average molecular weight is 223 g/mol. The topological polar surface area (TPSA) is 43.1 Å². The van der Waals surface area contributed by atoms with Gasteiger partial charge in [-0.1, -0.05) is 6.58 Å². The average Bonchev–Trinajstić information content (AvgIpc) is 2.63. The summed E-state index contributed by atoms with van der Waals surface area (Å²) in [7, 11) is 0. The van der Waals surface area contributed by atoms with E-state index >= 15 is 0 Å². The number of thiophene rings is 2. The number of nitrogens with two attached hydrogens (primary N) is 1. The molecule has 1 amide bonds. The van der Waals surface area contributed by atoms with Crippen molar-refractivity contribution in [2.45, 2.75) is 6.42 Å². The lowest BCUT2D eigenvalue weighted by Crippen LogP contribution is -2.14. The Morgan fingerprint density at radius 1 is 1.50 bits per heavy atom. The summed E-state index contributed by atoms with van der Waals surface area (Å²) in [6, 6.07) is 4.18. The second-order valence-corrected chi connectivity index (χ2v) is 5.12. The normalized spacial score (nSPS) is 10.6. The zero-order valence-electron chi connectivity index (χ0n) is 7.45. The first-order chi connectivity index (χ1) is 6.66. The molecule has 0 atom stereocenters. The fraction of sp³-hybridized carbons (Fsp3) is 0.100. The Morgan fingerprint density at radius 3 is 2.93 bits per heavy atom. The van der Waals surface area contributed by atoms with Crippen LogP contribution < -0.4 is 5.73 Å². The SMILES string of the molecule is C=C(Cc1cc2sccc2s1)C(N)=O. The first kappa shape index (κ1) is 9.43. The highest BCUT2D eigenvalue weighted by atomic mass is 32.1. The van der Waals surface area contributed by atoms with E-state index in [0.717, 1.165) is 4.88 Å². The van der Waals surface area contributed by atoms with Gasteiger partial charge in [0.05, 0.1) is 0 Å². The van der Waals surface area contributed by atoms with E-state index < -0.39 is 5.91 Å². The molecule has 0 bridgehead atoms. The predicted octanol–water partition coefficient (Wildman–Crippen LogP) is 2.55. The molecule has 4 heteroatoms. The summed E-state index contributed by atoms with van der Waals surface area (Å²) in [5.74, 6) is -0.415. The molecule has 0 fully saturated rings. The summed E-state index contributed by atoms with van der Waals surface area (Å²) in [6.07, 6.45) is 0.571. The highest BCUT2D eigenvalue weighted by Crippen LogP contribution is 2.30. The number of hydrogen-bond donors (Lipinski definition) is 1. The largest absolute Gasteiger partial charge is 0.366 e. The maximum atomic E-state index is 10.8. The summed E-state index contributed by atoms with van der Waals surface area (Å²) in [5, 5.41) is 2.06. The first-order valence-electron chi connectivity index (χ1n) is 4.10. The molecule has 2 N–H and O–H groups in total. The second kappa shape index (κ2) is 3.55. The fourth-order valence-electron chi connectivity index (χ4n) is 1.20. The van der Waals surface area contributed by atoms with Gasteiger partial charge in [0.15, 0.2) is 0 Å². The Labute approximate surface area is 89.7 Å². The van der Waals surface area contributed by atoms with Crippen LogP contribution in [0, 0.1) is 0 Å². The molecule has 0 aliphatic rings. The van der Waals surface area contributed by atoms with Crippen LogP contribution in [0.25, 0.3) is 9.40 Å². The lowest BCUT2D eigenvalue weighted by atomic mass is 10.2. The predicted molar refractivity (Wildman–Crippen MR) is 61.7 cm³/mol. The Morgan fingerprint density at radius 2 is 2.29 bits per heavy atom. The zero-order chi connectivity index (χ0) is 10.1. The fourth-order valence-corrected chi connectivity index (χ4v) is 3.38. The monoisotopic (exact) mass is 223 g/mol. The van der Waals surface area contributed by atoms with Gasteiger partial charge in [-0.15, -0.1) is 22.7 Å². The van der Waals surface area contributed by atoms with Crippen molar-refractivity contribution in [1.29, 1.82) is 0 Å². The Kier molecular flexibility index (Phi) is 2.39. The highest BCUT2D eigenvalue weighted by Gasteiger charge is 2.07. The van der Waals surface area contributed by atoms with Crippen LogP contribution in [0.5, 0.6) is 0 Å². The number of amides is 1. The van der Waals surface area contributed by atoms with Crippen LogP contribution in [0.4, 0.5) is 0 Å². The third-order valence-electron chi connectivity index (χ3n) is 1.93. The van der Waals surface area contributed by atoms with Crippen molar-refractivity contribution in [2.75, 3.05) is 0 Å². The molecule has 14 heavy (non-hydrogen) atoms. The quantitative estimate of drug-likeness (QED) is 0.798. The van der Waals surface area contributed by atoms with E-state index in [1.165, 1.54) is 9.40 Å². The van der Waals surface area contributed by atoms with E-state index in [2.05, 4.69) is 24.1 Å². The standard InChI is InChI=1S/C10H9NOS2/c1-6(10(11)12)4-7-5-9-8(14-7)2-3-13-9/h2-3,5H,1,4H2,(H2,11,12). The van der Waals surface area contributed by atoms with Gasteiger partial charge in [-0.2, -0.15) is 0 Å². The Bertz CT molecular complexity index is 466. The molecule has 0 aliphatic heterocycles. The van der Waals surface area contributed by atoms with Crippen LogP contribution in [-0.2, 0) is 11.2 Å². The van der Waals surface area contributed by atoms with E-state index in [0.29, 0.717) is 12.0 Å². The lowest BCUT2D eigenvalue weighted by molar-refractivity contribution is -0.114. The molecule has 0 unspecified atom stereocenters. The minimum Gasteiger partial charge on any atom is -0.366 e. The van der Waals surface area contributed by atoms with Gasteiger partial charge >= 0.3 is 0 Å². The van der Waals surface area contributed by atoms with Crippen LogP contribution in [0.15, 0.2) is 29.7 Å². The molecular weight excluding hydrogens is 214 g/mol. The molecule has 0 saturated heterocycles. The maximum Gasteiger partial charge on any atom is 0.244 e. The zero-order valence-corrected chi connectivity index (χ0v) is 9.08. The van der Waals surface area contributed by atoms with Crippen molar-refractivity contribution in [3.05, 3.63) is 34.5 Å². The van der Waals surface area contributed by atoms with Crippen molar-refractivity contribution in [2.24, 2.45) is 5.73 Å². The molecule has 0 spiro atoms. The number of primary amides is 1.